The predicted octanol–water partition coefficient (Wildman–Crippen LogP) is 6.53. The number of carbonyl (C=O) groups is 2. The smallest absolute Gasteiger partial charge is 0.264 e. The number of hydrogen-bond donors (Lipinski definition) is 1. The topological polar surface area (TPSA) is 86.8 Å². The minimum atomic E-state index is -4.18. The van der Waals surface area contributed by atoms with E-state index >= 15 is 0 Å². The van der Waals surface area contributed by atoms with Crippen LogP contribution in [-0.2, 0) is 26.2 Å². The summed E-state index contributed by atoms with van der Waals surface area (Å²) in [5, 5.41) is 3.80. The number of halogens is 2. The Bertz CT molecular complexity index is 1450. The summed E-state index contributed by atoms with van der Waals surface area (Å²) in [6, 6.07) is 17.5. The van der Waals surface area contributed by atoms with Gasteiger partial charge in [-0.3, -0.25) is 13.9 Å². The Morgan fingerprint density at radius 1 is 0.902 bits per heavy atom. The van der Waals surface area contributed by atoms with Crippen LogP contribution in [0.3, 0.4) is 0 Å². The third-order valence-electron chi connectivity index (χ3n) is 6.81. The second-order valence-electron chi connectivity index (χ2n) is 9.97. The first-order valence-corrected chi connectivity index (χ1v) is 15.8. The lowest BCUT2D eigenvalue weighted by Crippen LogP contribution is -2.52. The number of hydrogen-bond acceptors (Lipinski definition) is 4. The van der Waals surface area contributed by atoms with Gasteiger partial charge in [0.05, 0.1) is 10.6 Å². The minimum Gasteiger partial charge on any atom is -0.354 e. The largest absolute Gasteiger partial charge is 0.354 e. The van der Waals surface area contributed by atoms with E-state index < -0.39 is 28.5 Å². The van der Waals surface area contributed by atoms with Gasteiger partial charge in [-0.05, 0) is 74.2 Å². The third-order valence-corrected chi connectivity index (χ3v) is 9.07. The standard InChI is InChI=1S/C31H37Cl2N3O4S/c1-5-7-18-34-31(38)28(6-2)35(20-24-11-14-25(32)15-12-24)30(37)21-36(29-19-26(33)13-10-23(29)4)41(39,40)27-16-8-22(3)9-17-27/h8-17,19,28H,5-7,18,20-21H2,1-4H3,(H,34,38). The molecular weight excluding hydrogens is 581 g/mol. The molecular formula is C31H37Cl2N3O4S. The second-order valence-corrected chi connectivity index (χ2v) is 12.7. The summed E-state index contributed by atoms with van der Waals surface area (Å²) in [6.45, 7) is 7.55. The van der Waals surface area contributed by atoms with Gasteiger partial charge in [-0.1, -0.05) is 79.4 Å². The van der Waals surface area contributed by atoms with E-state index in [1.54, 1.807) is 55.5 Å². The normalized spacial score (nSPS) is 12.0. The lowest BCUT2D eigenvalue weighted by atomic mass is 10.1. The van der Waals surface area contributed by atoms with Crippen molar-refractivity contribution in [3.8, 4) is 0 Å². The quantitative estimate of drug-likeness (QED) is 0.221. The molecule has 0 saturated heterocycles. The SMILES string of the molecule is CCCCNC(=O)C(CC)N(Cc1ccc(Cl)cc1)C(=O)CN(c1cc(Cl)ccc1C)S(=O)(=O)c1ccc(C)cc1. The Balaban J connectivity index is 2.07. The van der Waals surface area contributed by atoms with Crippen LogP contribution in [0.2, 0.25) is 10.0 Å². The number of rotatable bonds is 13. The molecule has 0 saturated carbocycles. The summed E-state index contributed by atoms with van der Waals surface area (Å²) in [5.74, 6) is -0.803. The van der Waals surface area contributed by atoms with Gasteiger partial charge in [-0.25, -0.2) is 8.42 Å². The lowest BCUT2D eigenvalue weighted by molar-refractivity contribution is -0.140. The van der Waals surface area contributed by atoms with Crippen molar-refractivity contribution in [3.05, 3.63) is 93.5 Å². The van der Waals surface area contributed by atoms with Crippen molar-refractivity contribution < 1.29 is 18.0 Å². The molecule has 3 aromatic carbocycles. The van der Waals surface area contributed by atoms with Crippen LogP contribution in [0, 0.1) is 13.8 Å². The Morgan fingerprint density at radius 3 is 2.15 bits per heavy atom. The molecule has 1 unspecified atom stereocenters. The molecule has 1 atom stereocenters. The van der Waals surface area contributed by atoms with Crippen molar-refractivity contribution >= 4 is 50.7 Å². The number of sulfonamides is 1. The molecule has 2 amide bonds. The van der Waals surface area contributed by atoms with Crippen LogP contribution in [-0.4, -0.2) is 44.3 Å². The highest BCUT2D eigenvalue weighted by atomic mass is 35.5. The van der Waals surface area contributed by atoms with E-state index in [4.69, 9.17) is 23.2 Å². The molecule has 0 aliphatic rings. The van der Waals surface area contributed by atoms with Crippen molar-refractivity contribution in [2.24, 2.45) is 0 Å². The zero-order valence-electron chi connectivity index (χ0n) is 23.9. The fourth-order valence-corrected chi connectivity index (χ4v) is 6.18. The Labute approximate surface area is 253 Å². The van der Waals surface area contributed by atoms with E-state index in [1.165, 1.54) is 23.1 Å². The van der Waals surface area contributed by atoms with Crippen LogP contribution >= 0.6 is 23.2 Å². The first-order valence-electron chi connectivity index (χ1n) is 13.6. The zero-order chi connectivity index (χ0) is 30.2. The molecule has 0 bridgehead atoms. The second kappa shape index (κ2) is 14.7. The van der Waals surface area contributed by atoms with Gasteiger partial charge in [-0.2, -0.15) is 0 Å². The van der Waals surface area contributed by atoms with E-state index in [1.807, 2.05) is 20.8 Å². The number of nitrogens with zero attached hydrogens (tertiary/aromatic N) is 2. The number of carbonyl (C=O) groups excluding carboxylic acids is 2. The Morgan fingerprint density at radius 2 is 1.54 bits per heavy atom. The molecule has 7 nitrogen and oxygen atoms in total. The fraction of sp³-hybridized carbons (Fsp3) is 0.355. The summed E-state index contributed by atoms with van der Waals surface area (Å²) in [7, 11) is -4.18. The number of unbranched alkanes of at least 4 members (excludes halogenated alkanes) is 1. The van der Waals surface area contributed by atoms with E-state index in [0.717, 1.165) is 28.3 Å². The van der Waals surface area contributed by atoms with Crippen molar-refractivity contribution in [1.82, 2.24) is 10.2 Å². The van der Waals surface area contributed by atoms with Crippen LogP contribution in [0.4, 0.5) is 5.69 Å². The third kappa shape index (κ3) is 8.47. The maximum Gasteiger partial charge on any atom is 0.264 e. The molecule has 1 N–H and O–H groups in total. The number of nitrogens with one attached hydrogen (secondary N) is 1. The maximum atomic E-state index is 14.1. The molecule has 41 heavy (non-hydrogen) atoms. The number of aryl methyl sites for hydroxylation is 2. The van der Waals surface area contributed by atoms with E-state index in [0.29, 0.717) is 34.3 Å². The van der Waals surface area contributed by atoms with Gasteiger partial charge in [0.25, 0.3) is 10.0 Å². The van der Waals surface area contributed by atoms with Crippen molar-refractivity contribution in [2.45, 2.75) is 64.4 Å². The highest BCUT2D eigenvalue weighted by Gasteiger charge is 2.34. The monoisotopic (exact) mass is 617 g/mol. The molecule has 0 aromatic heterocycles. The molecule has 10 heteroatoms. The van der Waals surface area contributed by atoms with E-state index in [9.17, 15) is 18.0 Å². The van der Waals surface area contributed by atoms with E-state index in [-0.39, 0.29) is 17.3 Å². The number of amides is 2. The fourth-order valence-electron chi connectivity index (χ4n) is 4.41. The van der Waals surface area contributed by atoms with Gasteiger partial charge in [0.1, 0.15) is 12.6 Å². The predicted molar refractivity (Wildman–Crippen MR) is 166 cm³/mol. The van der Waals surface area contributed by atoms with E-state index in [2.05, 4.69) is 5.32 Å². The van der Waals surface area contributed by atoms with Crippen molar-refractivity contribution in [1.29, 1.82) is 0 Å². The molecule has 220 valence electrons. The molecule has 0 aliphatic carbocycles. The van der Waals surface area contributed by atoms with Gasteiger partial charge < -0.3 is 10.2 Å². The summed E-state index contributed by atoms with van der Waals surface area (Å²) >= 11 is 12.4. The van der Waals surface area contributed by atoms with Crippen LogP contribution in [0.1, 0.15) is 49.8 Å². The Kier molecular flexibility index (Phi) is 11.6. The summed E-state index contributed by atoms with van der Waals surface area (Å²) in [5.41, 5.74) is 2.58. The van der Waals surface area contributed by atoms with Gasteiger partial charge >= 0.3 is 0 Å². The summed E-state index contributed by atoms with van der Waals surface area (Å²) < 4.78 is 29.1. The van der Waals surface area contributed by atoms with Crippen LogP contribution in [0.25, 0.3) is 0 Å². The highest BCUT2D eigenvalue weighted by molar-refractivity contribution is 7.92. The average molecular weight is 619 g/mol. The summed E-state index contributed by atoms with van der Waals surface area (Å²) in [4.78, 5) is 28.9. The molecule has 0 fully saturated rings. The lowest BCUT2D eigenvalue weighted by Gasteiger charge is -2.33. The van der Waals surface area contributed by atoms with Gasteiger partial charge in [0.2, 0.25) is 11.8 Å². The van der Waals surface area contributed by atoms with Gasteiger partial charge in [0.15, 0.2) is 0 Å². The molecule has 0 spiro atoms. The first-order chi connectivity index (χ1) is 19.5. The highest BCUT2D eigenvalue weighted by Crippen LogP contribution is 2.30. The maximum absolute atomic E-state index is 14.1. The Hall–Kier alpha value is -3.07. The molecule has 3 rings (SSSR count). The van der Waals surface area contributed by atoms with Gasteiger partial charge in [-0.15, -0.1) is 0 Å². The van der Waals surface area contributed by atoms with Crippen LogP contribution in [0.15, 0.2) is 71.6 Å². The average Bonchev–Trinajstić information content (AvgIpc) is 2.94. The first kappa shape index (κ1) is 32.4. The molecule has 0 radical (unpaired) electrons. The van der Waals surface area contributed by atoms with Crippen molar-refractivity contribution in [3.63, 3.8) is 0 Å². The minimum absolute atomic E-state index is 0.0453. The summed E-state index contributed by atoms with van der Waals surface area (Å²) in [6.07, 6.45) is 2.07. The number of anilines is 1. The molecule has 0 aliphatic heterocycles. The van der Waals surface area contributed by atoms with Crippen molar-refractivity contribution in [2.75, 3.05) is 17.4 Å². The molecule has 3 aromatic rings. The van der Waals surface area contributed by atoms with Crippen LogP contribution < -0.4 is 9.62 Å². The zero-order valence-corrected chi connectivity index (χ0v) is 26.2. The van der Waals surface area contributed by atoms with Crippen LogP contribution in [0.5, 0.6) is 0 Å². The number of benzene rings is 3. The molecule has 0 heterocycles. The van der Waals surface area contributed by atoms with Gasteiger partial charge in [0, 0.05) is 23.1 Å².